The highest BCUT2D eigenvalue weighted by Gasteiger charge is 2.43. The van der Waals surface area contributed by atoms with Gasteiger partial charge in [-0.15, -0.1) is 0 Å². The zero-order valence-corrected chi connectivity index (χ0v) is 7.35. The van der Waals surface area contributed by atoms with E-state index in [1.807, 2.05) is 0 Å². The van der Waals surface area contributed by atoms with Gasteiger partial charge in [-0.25, -0.2) is 0 Å². The van der Waals surface area contributed by atoms with Crippen LogP contribution in [0.25, 0.3) is 0 Å². The molecular weight excluding hydrogens is 156 g/mol. The van der Waals surface area contributed by atoms with Crippen molar-refractivity contribution in [1.82, 2.24) is 0 Å². The van der Waals surface area contributed by atoms with E-state index in [9.17, 15) is 14.4 Å². The summed E-state index contributed by atoms with van der Waals surface area (Å²) in [4.78, 5) is 33.4. The van der Waals surface area contributed by atoms with Crippen LogP contribution >= 0.6 is 0 Å². The molecule has 0 aromatic carbocycles. The lowest BCUT2D eigenvalue weighted by Gasteiger charge is -2.27. The van der Waals surface area contributed by atoms with Crippen LogP contribution in [-0.4, -0.2) is 17.3 Å². The first-order chi connectivity index (χ1) is 5.48. The molecule has 3 heteroatoms. The smallest absolute Gasteiger partial charge is 0.211 e. The van der Waals surface area contributed by atoms with Gasteiger partial charge in [-0.1, -0.05) is 0 Å². The molecule has 0 aromatic rings. The fraction of sp³-hybridized carbons (Fsp3) is 0.667. The molecule has 1 unspecified atom stereocenters. The van der Waals surface area contributed by atoms with Crippen LogP contribution in [0.5, 0.6) is 0 Å². The van der Waals surface area contributed by atoms with Crippen LogP contribution in [0, 0.1) is 5.41 Å². The van der Waals surface area contributed by atoms with Crippen molar-refractivity contribution in [3.8, 4) is 0 Å². The van der Waals surface area contributed by atoms with Crippen LogP contribution in [0.1, 0.15) is 33.1 Å². The highest BCUT2D eigenvalue weighted by atomic mass is 16.2. The quantitative estimate of drug-likeness (QED) is 0.432. The Bertz CT molecular complexity index is 254. The van der Waals surface area contributed by atoms with Gasteiger partial charge in [0.05, 0.1) is 5.41 Å². The summed E-state index contributed by atoms with van der Waals surface area (Å²) in [7, 11) is 0. The third-order valence-corrected chi connectivity index (χ3v) is 2.61. The first kappa shape index (κ1) is 9.10. The number of hydrogen-bond acceptors (Lipinski definition) is 3. The van der Waals surface area contributed by atoms with Crippen LogP contribution < -0.4 is 0 Å². The lowest BCUT2D eigenvalue weighted by atomic mass is 9.71. The number of carbonyl (C=O) groups is 3. The fourth-order valence-electron chi connectivity index (χ4n) is 1.47. The van der Waals surface area contributed by atoms with Gasteiger partial charge in [0, 0.05) is 6.42 Å². The van der Waals surface area contributed by atoms with E-state index in [1.54, 1.807) is 6.92 Å². The summed E-state index contributed by atoms with van der Waals surface area (Å²) in [6.07, 6.45) is 1.48. The number of carbonyl (C=O) groups excluding carboxylic acids is 3. The van der Waals surface area contributed by atoms with E-state index in [4.69, 9.17) is 0 Å². The monoisotopic (exact) mass is 168 g/mol. The Labute approximate surface area is 71.1 Å². The molecule has 1 atom stereocenters. The molecule has 1 rings (SSSR count). The average Bonchev–Trinajstić information content (AvgIpc) is 2.00. The summed E-state index contributed by atoms with van der Waals surface area (Å²) < 4.78 is 0. The van der Waals surface area contributed by atoms with Crippen LogP contribution in [0.4, 0.5) is 0 Å². The lowest BCUT2D eigenvalue weighted by Crippen LogP contribution is -2.42. The normalized spacial score (nSPS) is 30.5. The average molecular weight is 168 g/mol. The highest BCUT2D eigenvalue weighted by Crippen LogP contribution is 2.31. The maximum absolute atomic E-state index is 11.3. The van der Waals surface area contributed by atoms with Crippen molar-refractivity contribution in [2.75, 3.05) is 0 Å². The molecule has 0 radical (unpaired) electrons. The van der Waals surface area contributed by atoms with Crippen LogP contribution in [0.15, 0.2) is 0 Å². The summed E-state index contributed by atoms with van der Waals surface area (Å²) in [5.74, 6) is -1.08. The summed E-state index contributed by atoms with van der Waals surface area (Å²) in [5.41, 5.74) is -1.02. The Morgan fingerprint density at radius 1 is 1.42 bits per heavy atom. The summed E-state index contributed by atoms with van der Waals surface area (Å²) in [6, 6.07) is 0. The Morgan fingerprint density at radius 2 is 2.00 bits per heavy atom. The zero-order chi connectivity index (χ0) is 9.35. The first-order valence-electron chi connectivity index (χ1n) is 4.07. The second kappa shape index (κ2) is 2.81. The highest BCUT2D eigenvalue weighted by molar-refractivity contribution is 6.43. The molecule has 0 aromatic heterocycles. The predicted molar refractivity (Wildman–Crippen MR) is 42.7 cm³/mol. The molecule has 1 saturated carbocycles. The Kier molecular flexibility index (Phi) is 2.13. The maximum Gasteiger partial charge on any atom is 0.211 e. The topological polar surface area (TPSA) is 51.2 Å². The Hall–Kier alpha value is -0.990. The van der Waals surface area contributed by atoms with Gasteiger partial charge in [0.2, 0.25) is 5.78 Å². The third kappa shape index (κ3) is 1.19. The molecule has 0 aliphatic heterocycles. The van der Waals surface area contributed by atoms with E-state index >= 15 is 0 Å². The molecule has 0 N–H and O–H groups in total. The van der Waals surface area contributed by atoms with Gasteiger partial charge >= 0.3 is 0 Å². The summed E-state index contributed by atoms with van der Waals surface area (Å²) >= 11 is 0. The molecule has 0 bridgehead atoms. The van der Waals surface area contributed by atoms with Crippen LogP contribution in [-0.2, 0) is 14.4 Å². The van der Waals surface area contributed by atoms with Crippen molar-refractivity contribution >= 4 is 17.3 Å². The molecule has 0 amide bonds. The van der Waals surface area contributed by atoms with Gasteiger partial charge < -0.3 is 0 Å². The third-order valence-electron chi connectivity index (χ3n) is 2.61. The van der Waals surface area contributed by atoms with Gasteiger partial charge in [0.1, 0.15) is 5.78 Å². The largest absolute Gasteiger partial charge is 0.299 e. The Morgan fingerprint density at radius 3 is 2.42 bits per heavy atom. The molecule has 66 valence electrons. The fourth-order valence-corrected chi connectivity index (χ4v) is 1.47. The lowest BCUT2D eigenvalue weighted by molar-refractivity contribution is -0.149. The second-order valence-corrected chi connectivity index (χ2v) is 3.49. The summed E-state index contributed by atoms with van der Waals surface area (Å²) in [6.45, 7) is 2.94. The molecule has 3 nitrogen and oxygen atoms in total. The first-order valence-corrected chi connectivity index (χ1v) is 4.07. The Balaban J connectivity index is 2.97. The van der Waals surface area contributed by atoms with E-state index in [0.29, 0.717) is 19.3 Å². The molecule has 1 aliphatic carbocycles. The van der Waals surface area contributed by atoms with E-state index in [-0.39, 0.29) is 11.6 Å². The molecule has 1 aliphatic rings. The van der Waals surface area contributed by atoms with Gasteiger partial charge in [-0.05, 0) is 26.7 Å². The molecule has 1 fully saturated rings. The molecule has 0 spiro atoms. The second-order valence-electron chi connectivity index (χ2n) is 3.49. The minimum absolute atomic E-state index is 0.194. The van der Waals surface area contributed by atoms with Crippen molar-refractivity contribution in [2.24, 2.45) is 5.41 Å². The van der Waals surface area contributed by atoms with E-state index < -0.39 is 11.2 Å². The van der Waals surface area contributed by atoms with E-state index in [0.717, 1.165) is 0 Å². The number of rotatable bonds is 1. The summed E-state index contributed by atoms with van der Waals surface area (Å²) in [5, 5.41) is 0. The molecular formula is C9H12O3. The molecule has 0 saturated heterocycles. The van der Waals surface area contributed by atoms with Crippen LogP contribution in [0.2, 0.25) is 0 Å². The van der Waals surface area contributed by atoms with Crippen molar-refractivity contribution in [3.05, 3.63) is 0 Å². The number of ketones is 3. The van der Waals surface area contributed by atoms with Crippen LogP contribution in [0.3, 0.4) is 0 Å². The molecule has 0 heterocycles. The number of Topliss-reactive ketones (excluding diaryl/α,β-unsaturated/α-hetero) is 3. The SMILES string of the molecule is CC(=O)C1(C)CCCC(=O)C1=O. The van der Waals surface area contributed by atoms with Crippen molar-refractivity contribution < 1.29 is 14.4 Å². The van der Waals surface area contributed by atoms with Gasteiger partial charge in [-0.2, -0.15) is 0 Å². The van der Waals surface area contributed by atoms with E-state index in [2.05, 4.69) is 0 Å². The van der Waals surface area contributed by atoms with Crippen molar-refractivity contribution in [3.63, 3.8) is 0 Å². The minimum atomic E-state index is -1.02. The van der Waals surface area contributed by atoms with Crippen molar-refractivity contribution in [2.45, 2.75) is 33.1 Å². The standard InChI is InChI=1S/C9H12O3/c1-6(10)9(2)5-3-4-7(11)8(9)12/h3-5H2,1-2H3. The molecule has 12 heavy (non-hydrogen) atoms. The number of hydrogen-bond donors (Lipinski definition) is 0. The van der Waals surface area contributed by atoms with Gasteiger partial charge in [-0.3, -0.25) is 14.4 Å². The maximum atomic E-state index is 11.3. The van der Waals surface area contributed by atoms with Gasteiger partial charge in [0.15, 0.2) is 5.78 Å². The van der Waals surface area contributed by atoms with Gasteiger partial charge in [0.25, 0.3) is 0 Å². The van der Waals surface area contributed by atoms with Crippen molar-refractivity contribution in [1.29, 1.82) is 0 Å². The zero-order valence-electron chi connectivity index (χ0n) is 7.35. The minimum Gasteiger partial charge on any atom is -0.299 e. The van der Waals surface area contributed by atoms with E-state index in [1.165, 1.54) is 6.92 Å². The predicted octanol–water partition coefficient (Wildman–Crippen LogP) is 0.904.